The van der Waals surface area contributed by atoms with Crippen LogP contribution in [0, 0.1) is 6.92 Å². The summed E-state index contributed by atoms with van der Waals surface area (Å²) in [7, 11) is 1.40. The van der Waals surface area contributed by atoms with E-state index in [-0.39, 0.29) is 37.9 Å². The van der Waals surface area contributed by atoms with Gasteiger partial charge in [-0.2, -0.15) is 5.10 Å². The van der Waals surface area contributed by atoms with Gasteiger partial charge in [0.2, 0.25) is 0 Å². The van der Waals surface area contributed by atoms with Crippen LogP contribution in [0.5, 0.6) is 11.5 Å². The van der Waals surface area contributed by atoms with Crippen molar-refractivity contribution >= 4 is 50.4 Å². The lowest BCUT2D eigenvalue weighted by atomic mass is 10.1. The summed E-state index contributed by atoms with van der Waals surface area (Å²) in [5.74, 6) is 0.432. The Morgan fingerprint density at radius 1 is 1.58 bits per heavy atom. The number of aromatic hydroxyl groups is 1. The number of hydrogen-bond donors (Lipinski definition) is 3. The summed E-state index contributed by atoms with van der Waals surface area (Å²) >= 11 is 8.25. The Hall–Kier alpha value is -2.13. The minimum absolute atomic E-state index is 0.159. The molecule has 2 rings (SSSR count). The third kappa shape index (κ3) is 3.51. The molecule has 0 aliphatic carbocycles. The lowest BCUT2D eigenvalue weighted by molar-refractivity contribution is 0.409. The van der Waals surface area contributed by atoms with Crippen LogP contribution in [0.4, 0.5) is 0 Å². The molecule has 128 valence electrons. The van der Waals surface area contributed by atoms with Crippen molar-refractivity contribution in [2.75, 3.05) is 13.7 Å². The fourth-order valence-electron chi connectivity index (χ4n) is 2.14. The highest BCUT2D eigenvalue weighted by molar-refractivity contribution is 9.10. The van der Waals surface area contributed by atoms with Crippen LogP contribution in [0.3, 0.4) is 0 Å². The first kappa shape index (κ1) is 18.2. The maximum absolute atomic E-state index is 12.3. The number of nitrogens with zero attached hydrogens (tertiary/aromatic N) is 1. The standard InChI is InChI=1S/C15H16BrN3O4S/c1-4-17-15(24)19-18-6-8-12(21)11(16)14-10(13(8)22-3)9(20)5-7(2)23-14/h5-6,21H,4H2,1-3H3,(H2,17,19,24)/b18-6+. The van der Waals surface area contributed by atoms with Gasteiger partial charge < -0.3 is 19.6 Å². The Morgan fingerprint density at radius 2 is 2.29 bits per heavy atom. The second-order valence-electron chi connectivity index (χ2n) is 4.76. The number of nitrogens with one attached hydrogen (secondary N) is 2. The maximum Gasteiger partial charge on any atom is 0.196 e. The van der Waals surface area contributed by atoms with Gasteiger partial charge in [0.05, 0.1) is 18.9 Å². The number of halogens is 1. The summed E-state index contributed by atoms with van der Waals surface area (Å²) in [6.07, 6.45) is 1.32. The zero-order chi connectivity index (χ0) is 17.9. The predicted molar refractivity (Wildman–Crippen MR) is 100 cm³/mol. The summed E-state index contributed by atoms with van der Waals surface area (Å²) in [5.41, 5.74) is 2.76. The lowest BCUT2D eigenvalue weighted by Gasteiger charge is -2.12. The molecule has 0 fully saturated rings. The number of phenols is 1. The molecule has 1 aromatic carbocycles. The molecule has 0 aliphatic rings. The van der Waals surface area contributed by atoms with Crippen molar-refractivity contribution in [2.45, 2.75) is 13.8 Å². The molecule has 24 heavy (non-hydrogen) atoms. The SMILES string of the molecule is CCNC(=S)N/N=C/c1c(O)c(Br)c2oc(C)cc(=O)c2c1OC. The van der Waals surface area contributed by atoms with Crippen molar-refractivity contribution in [3.63, 3.8) is 0 Å². The summed E-state index contributed by atoms with van der Waals surface area (Å²) in [4.78, 5) is 12.3. The first-order valence-electron chi connectivity index (χ1n) is 7.00. The van der Waals surface area contributed by atoms with E-state index >= 15 is 0 Å². The van der Waals surface area contributed by atoms with Gasteiger partial charge in [-0.15, -0.1) is 0 Å². The molecule has 0 saturated carbocycles. The van der Waals surface area contributed by atoms with Gasteiger partial charge in [-0.1, -0.05) is 0 Å². The number of benzene rings is 1. The van der Waals surface area contributed by atoms with Crippen molar-refractivity contribution in [3.05, 3.63) is 32.1 Å². The van der Waals surface area contributed by atoms with E-state index in [1.54, 1.807) is 6.92 Å². The molecule has 2 aromatic rings. The number of aryl methyl sites for hydroxylation is 1. The van der Waals surface area contributed by atoms with Crippen LogP contribution in [0.25, 0.3) is 11.0 Å². The number of methoxy groups -OCH3 is 1. The third-order valence-corrected chi connectivity index (χ3v) is 4.08. The second-order valence-corrected chi connectivity index (χ2v) is 5.97. The molecule has 3 N–H and O–H groups in total. The Labute approximate surface area is 151 Å². The van der Waals surface area contributed by atoms with E-state index in [0.717, 1.165) is 0 Å². The average Bonchev–Trinajstić information content (AvgIpc) is 2.53. The van der Waals surface area contributed by atoms with Crippen molar-refractivity contribution in [1.29, 1.82) is 0 Å². The van der Waals surface area contributed by atoms with E-state index in [4.69, 9.17) is 21.4 Å². The average molecular weight is 414 g/mol. The molecular weight excluding hydrogens is 398 g/mol. The Morgan fingerprint density at radius 3 is 2.92 bits per heavy atom. The van der Waals surface area contributed by atoms with Crippen LogP contribution in [-0.2, 0) is 0 Å². The van der Waals surface area contributed by atoms with Crippen LogP contribution in [-0.4, -0.2) is 30.1 Å². The van der Waals surface area contributed by atoms with E-state index in [2.05, 4.69) is 31.8 Å². The van der Waals surface area contributed by atoms with Crippen LogP contribution < -0.4 is 20.9 Å². The first-order chi connectivity index (χ1) is 11.4. The first-order valence-corrected chi connectivity index (χ1v) is 8.20. The highest BCUT2D eigenvalue weighted by Crippen LogP contribution is 2.41. The quantitative estimate of drug-likeness (QED) is 0.402. The summed E-state index contributed by atoms with van der Waals surface area (Å²) in [6.45, 7) is 4.20. The summed E-state index contributed by atoms with van der Waals surface area (Å²) in [6, 6.07) is 1.35. The Kier molecular flexibility index (Phi) is 5.79. The zero-order valence-corrected chi connectivity index (χ0v) is 15.7. The largest absolute Gasteiger partial charge is 0.506 e. The van der Waals surface area contributed by atoms with Crippen LogP contribution in [0.2, 0.25) is 0 Å². The van der Waals surface area contributed by atoms with E-state index in [1.807, 2.05) is 6.92 Å². The van der Waals surface area contributed by atoms with Crippen LogP contribution in [0.1, 0.15) is 18.2 Å². The number of hydrogen-bond acceptors (Lipinski definition) is 6. The van der Waals surface area contributed by atoms with Gasteiger partial charge in [0.1, 0.15) is 27.1 Å². The smallest absolute Gasteiger partial charge is 0.196 e. The second kappa shape index (κ2) is 7.63. The topological polar surface area (TPSA) is 96.1 Å². The molecule has 0 aliphatic heterocycles. The lowest BCUT2D eigenvalue weighted by Crippen LogP contribution is -2.31. The maximum atomic E-state index is 12.3. The molecular formula is C15H16BrN3O4S. The normalized spacial score (nSPS) is 11.0. The van der Waals surface area contributed by atoms with Crippen molar-refractivity contribution in [3.8, 4) is 11.5 Å². The highest BCUT2D eigenvalue weighted by Gasteiger charge is 2.21. The molecule has 7 nitrogen and oxygen atoms in total. The molecule has 0 bridgehead atoms. The molecule has 1 heterocycles. The molecule has 0 radical (unpaired) electrons. The minimum Gasteiger partial charge on any atom is -0.506 e. The number of fused-ring (bicyclic) bond motifs is 1. The van der Waals surface area contributed by atoms with Crippen LogP contribution in [0.15, 0.2) is 24.9 Å². The van der Waals surface area contributed by atoms with Gasteiger partial charge >= 0.3 is 0 Å². The number of hydrazone groups is 1. The summed E-state index contributed by atoms with van der Waals surface area (Å²) in [5, 5.41) is 17.8. The van der Waals surface area contributed by atoms with Crippen molar-refractivity contribution in [2.24, 2.45) is 5.10 Å². The fraction of sp³-hybridized carbons (Fsp3) is 0.267. The molecule has 0 saturated heterocycles. The van der Waals surface area contributed by atoms with Gasteiger partial charge in [0.15, 0.2) is 16.1 Å². The molecule has 0 unspecified atom stereocenters. The van der Waals surface area contributed by atoms with E-state index in [9.17, 15) is 9.90 Å². The number of phenolic OH excluding ortho intramolecular Hbond substituents is 1. The predicted octanol–water partition coefficient (Wildman–Crippen LogP) is 2.40. The van der Waals surface area contributed by atoms with Gasteiger partial charge in [0.25, 0.3) is 0 Å². The van der Waals surface area contributed by atoms with Gasteiger partial charge in [0, 0.05) is 12.6 Å². The van der Waals surface area contributed by atoms with Crippen LogP contribution >= 0.6 is 28.1 Å². The van der Waals surface area contributed by atoms with Crippen molar-refractivity contribution < 1.29 is 14.3 Å². The summed E-state index contributed by atoms with van der Waals surface area (Å²) < 4.78 is 11.1. The Balaban J connectivity index is 2.62. The molecule has 0 amide bonds. The minimum atomic E-state index is -0.280. The van der Waals surface area contributed by atoms with E-state index in [1.165, 1.54) is 19.4 Å². The highest BCUT2D eigenvalue weighted by atomic mass is 79.9. The van der Waals surface area contributed by atoms with E-state index < -0.39 is 0 Å². The monoisotopic (exact) mass is 413 g/mol. The Bertz CT molecular complexity index is 879. The molecule has 9 heteroatoms. The van der Waals surface area contributed by atoms with Gasteiger partial charge in [-0.05, 0) is 42.0 Å². The number of ether oxygens (including phenoxy) is 1. The van der Waals surface area contributed by atoms with E-state index in [0.29, 0.717) is 17.4 Å². The fourth-order valence-corrected chi connectivity index (χ4v) is 2.82. The van der Waals surface area contributed by atoms with Crippen molar-refractivity contribution in [1.82, 2.24) is 10.7 Å². The molecule has 1 aromatic heterocycles. The molecule has 0 spiro atoms. The zero-order valence-electron chi connectivity index (χ0n) is 13.3. The third-order valence-electron chi connectivity index (χ3n) is 3.11. The molecule has 0 atom stereocenters. The van der Waals surface area contributed by atoms with Gasteiger partial charge in [-0.25, -0.2) is 0 Å². The number of rotatable bonds is 4. The van der Waals surface area contributed by atoms with Gasteiger partial charge in [-0.3, -0.25) is 10.2 Å². The number of thiocarbonyl (C=S) groups is 1.